The number of carbonyl (C=O) groups is 1. The maximum atomic E-state index is 12.9. The Bertz CT molecular complexity index is 885. The highest BCUT2D eigenvalue weighted by atomic mass is 16.5. The molecular weight excluding hydrogens is 378 g/mol. The van der Waals surface area contributed by atoms with Crippen LogP contribution in [0.15, 0.2) is 28.8 Å². The van der Waals surface area contributed by atoms with Gasteiger partial charge in [-0.1, -0.05) is 40.9 Å². The third-order valence-electron chi connectivity index (χ3n) is 6.07. The van der Waals surface area contributed by atoms with Crippen molar-refractivity contribution in [2.24, 2.45) is 5.92 Å². The van der Waals surface area contributed by atoms with Gasteiger partial charge in [-0.15, -0.1) is 6.42 Å². The predicted octanol–water partition coefficient (Wildman–Crippen LogP) is 2.03. The molecule has 0 unspecified atom stereocenters. The molecule has 0 spiro atoms. The van der Waals surface area contributed by atoms with Crippen LogP contribution in [0.2, 0.25) is 0 Å². The monoisotopic (exact) mass is 407 g/mol. The average molecular weight is 408 g/mol. The largest absolute Gasteiger partial charge is 0.340 e. The van der Waals surface area contributed by atoms with Crippen molar-refractivity contribution >= 4 is 5.91 Å². The number of aryl methyl sites for hydroxylation is 1. The zero-order valence-corrected chi connectivity index (χ0v) is 17.6. The summed E-state index contributed by atoms with van der Waals surface area (Å²) >= 11 is 0. The van der Waals surface area contributed by atoms with E-state index < -0.39 is 0 Å². The van der Waals surface area contributed by atoms with Gasteiger partial charge in [0.1, 0.15) is 0 Å². The van der Waals surface area contributed by atoms with E-state index >= 15 is 0 Å². The van der Waals surface area contributed by atoms with Crippen molar-refractivity contribution in [1.29, 1.82) is 0 Å². The Morgan fingerprint density at radius 1 is 1.10 bits per heavy atom. The molecule has 2 aliphatic heterocycles. The Labute approximate surface area is 178 Å². The third-order valence-corrected chi connectivity index (χ3v) is 6.07. The summed E-state index contributed by atoms with van der Waals surface area (Å²) < 4.78 is 5.45. The molecule has 7 heteroatoms. The van der Waals surface area contributed by atoms with Crippen molar-refractivity contribution in [3.05, 3.63) is 35.7 Å². The Morgan fingerprint density at radius 3 is 2.47 bits per heavy atom. The van der Waals surface area contributed by atoms with Crippen LogP contribution >= 0.6 is 0 Å². The molecular formula is C23H29N5O2. The molecule has 0 saturated carbocycles. The van der Waals surface area contributed by atoms with Crippen molar-refractivity contribution in [3.63, 3.8) is 0 Å². The number of benzene rings is 1. The third kappa shape index (κ3) is 4.89. The minimum atomic E-state index is 0.138. The highest BCUT2D eigenvalue weighted by molar-refractivity contribution is 5.79. The van der Waals surface area contributed by atoms with E-state index in [9.17, 15) is 4.79 Å². The standard InChI is InChI=1S/C23H29N5O2/c1-3-10-26-11-8-20(9-12-26)23(29)28-15-13-27(14-16-28)17-21-24-22(25-30-21)19-6-4-18(2)5-7-19/h1,4-7,20H,8-17H2,2H3. The SMILES string of the molecule is C#CCN1CCC(C(=O)N2CCN(Cc3nc(-c4ccc(C)cc4)no3)CC2)CC1. The zero-order chi connectivity index (χ0) is 20.9. The molecule has 1 aromatic heterocycles. The normalized spacial score (nSPS) is 19.0. The number of hydrogen-bond donors (Lipinski definition) is 0. The van der Waals surface area contributed by atoms with Gasteiger partial charge < -0.3 is 9.42 Å². The topological polar surface area (TPSA) is 65.7 Å². The zero-order valence-electron chi connectivity index (χ0n) is 17.6. The minimum absolute atomic E-state index is 0.138. The molecule has 158 valence electrons. The molecule has 0 bridgehead atoms. The maximum Gasteiger partial charge on any atom is 0.241 e. The molecule has 1 aromatic carbocycles. The Kier molecular flexibility index (Phi) is 6.46. The van der Waals surface area contributed by atoms with Crippen LogP contribution in [0, 0.1) is 25.2 Å². The number of carbonyl (C=O) groups excluding carboxylic acids is 1. The van der Waals surface area contributed by atoms with Gasteiger partial charge in [0.25, 0.3) is 0 Å². The summed E-state index contributed by atoms with van der Waals surface area (Å²) in [7, 11) is 0. The summed E-state index contributed by atoms with van der Waals surface area (Å²) in [4.78, 5) is 23.9. The summed E-state index contributed by atoms with van der Waals surface area (Å²) in [6.45, 7) is 8.34. The van der Waals surface area contributed by atoms with E-state index in [0.717, 1.165) is 57.7 Å². The van der Waals surface area contributed by atoms with Gasteiger partial charge in [0.2, 0.25) is 17.6 Å². The van der Waals surface area contributed by atoms with Crippen LogP contribution in [0.4, 0.5) is 0 Å². The van der Waals surface area contributed by atoms with Crippen LogP contribution in [0.5, 0.6) is 0 Å². The number of likely N-dealkylation sites (tertiary alicyclic amines) is 1. The van der Waals surface area contributed by atoms with E-state index in [1.807, 2.05) is 29.2 Å². The predicted molar refractivity (Wildman–Crippen MR) is 114 cm³/mol. The molecule has 1 amide bonds. The molecule has 0 N–H and O–H groups in total. The number of terminal acetylenes is 1. The van der Waals surface area contributed by atoms with Crippen LogP contribution in [-0.2, 0) is 11.3 Å². The maximum absolute atomic E-state index is 12.9. The Balaban J connectivity index is 1.25. The number of piperazine rings is 1. The summed E-state index contributed by atoms with van der Waals surface area (Å²) in [5.41, 5.74) is 2.16. The van der Waals surface area contributed by atoms with E-state index in [4.69, 9.17) is 10.9 Å². The van der Waals surface area contributed by atoms with E-state index in [1.165, 1.54) is 5.56 Å². The van der Waals surface area contributed by atoms with Gasteiger partial charge in [0.15, 0.2) is 0 Å². The Morgan fingerprint density at radius 2 is 1.80 bits per heavy atom. The van der Waals surface area contributed by atoms with Gasteiger partial charge >= 0.3 is 0 Å². The summed E-state index contributed by atoms with van der Waals surface area (Å²) in [6.07, 6.45) is 7.20. The lowest BCUT2D eigenvalue weighted by molar-refractivity contribution is -0.138. The first-order chi connectivity index (χ1) is 14.6. The first kappa shape index (κ1) is 20.6. The van der Waals surface area contributed by atoms with E-state index in [2.05, 4.69) is 32.8 Å². The van der Waals surface area contributed by atoms with E-state index in [1.54, 1.807) is 0 Å². The average Bonchev–Trinajstić information content (AvgIpc) is 3.23. The molecule has 2 fully saturated rings. The van der Waals surface area contributed by atoms with Crippen LogP contribution < -0.4 is 0 Å². The first-order valence-corrected chi connectivity index (χ1v) is 10.7. The van der Waals surface area contributed by atoms with Crippen molar-refractivity contribution in [1.82, 2.24) is 24.8 Å². The second kappa shape index (κ2) is 9.41. The quantitative estimate of drug-likeness (QED) is 0.707. The lowest BCUT2D eigenvalue weighted by Crippen LogP contribution is -2.51. The second-order valence-corrected chi connectivity index (χ2v) is 8.23. The van der Waals surface area contributed by atoms with Gasteiger partial charge in [-0.3, -0.25) is 14.6 Å². The van der Waals surface area contributed by atoms with Gasteiger partial charge in [-0.25, -0.2) is 0 Å². The van der Waals surface area contributed by atoms with Crippen molar-refractivity contribution in [2.45, 2.75) is 26.3 Å². The highest BCUT2D eigenvalue weighted by Gasteiger charge is 2.30. The minimum Gasteiger partial charge on any atom is -0.340 e. The number of aromatic nitrogens is 2. The lowest BCUT2D eigenvalue weighted by atomic mass is 9.95. The molecule has 3 heterocycles. The molecule has 2 saturated heterocycles. The molecule has 4 rings (SSSR count). The van der Waals surface area contributed by atoms with E-state index in [0.29, 0.717) is 30.7 Å². The molecule has 2 aromatic rings. The van der Waals surface area contributed by atoms with Crippen LogP contribution in [0.3, 0.4) is 0 Å². The fourth-order valence-electron chi connectivity index (χ4n) is 4.18. The number of hydrogen-bond acceptors (Lipinski definition) is 6. The number of amides is 1. The Hall–Kier alpha value is -2.69. The molecule has 0 radical (unpaired) electrons. The highest BCUT2D eigenvalue weighted by Crippen LogP contribution is 2.21. The molecule has 0 aliphatic carbocycles. The van der Waals surface area contributed by atoms with Crippen molar-refractivity contribution in [3.8, 4) is 23.7 Å². The smallest absolute Gasteiger partial charge is 0.241 e. The van der Waals surface area contributed by atoms with Gasteiger partial charge in [0.05, 0.1) is 13.1 Å². The van der Waals surface area contributed by atoms with Crippen LogP contribution in [-0.4, -0.2) is 76.6 Å². The van der Waals surface area contributed by atoms with Gasteiger partial charge in [-0.2, -0.15) is 4.98 Å². The lowest BCUT2D eigenvalue weighted by Gasteiger charge is -2.38. The molecule has 7 nitrogen and oxygen atoms in total. The van der Waals surface area contributed by atoms with E-state index in [-0.39, 0.29) is 5.92 Å². The fraction of sp³-hybridized carbons (Fsp3) is 0.522. The van der Waals surface area contributed by atoms with Crippen LogP contribution in [0.25, 0.3) is 11.4 Å². The molecule has 30 heavy (non-hydrogen) atoms. The van der Waals surface area contributed by atoms with Gasteiger partial charge in [0, 0.05) is 37.7 Å². The summed E-state index contributed by atoms with van der Waals surface area (Å²) in [5.74, 6) is 4.37. The second-order valence-electron chi connectivity index (χ2n) is 8.23. The first-order valence-electron chi connectivity index (χ1n) is 10.7. The number of rotatable bonds is 5. The number of nitrogens with zero attached hydrogens (tertiary/aromatic N) is 5. The van der Waals surface area contributed by atoms with Crippen molar-refractivity contribution < 1.29 is 9.32 Å². The fourth-order valence-corrected chi connectivity index (χ4v) is 4.18. The van der Waals surface area contributed by atoms with Gasteiger partial charge in [-0.05, 0) is 32.9 Å². The molecule has 2 aliphatic rings. The molecule has 0 atom stereocenters. The summed E-state index contributed by atoms with van der Waals surface area (Å²) in [6, 6.07) is 8.10. The number of piperidine rings is 1. The van der Waals surface area contributed by atoms with Crippen molar-refractivity contribution in [2.75, 3.05) is 45.8 Å². The van der Waals surface area contributed by atoms with Crippen LogP contribution in [0.1, 0.15) is 24.3 Å². The summed E-state index contributed by atoms with van der Waals surface area (Å²) in [5, 5.41) is 4.11.